The number of nitrogens with zero attached hydrogens (tertiary/aromatic N) is 6. The highest BCUT2D eigenvalue weighted by atomic mass is 16.6. The zero-order valence-electron chi connectivity index (χ0n) is 11.6. The van der Waals surface area contributed by atoms with E-state index in [1.54, 1.807) is 0 Å². The van der Waals surface area contributed by atoms with E-state index >= 15 is 0 Å². The van der Waals surface area contributed by atoms with Gasteiger partial charge in [0.2, 0.25) is 5.82 Å². The number of hydrogen-bond acceptors (Lipinski definition) is 8. The third-order valence-corrected chi connectivity index (χ3v) is 3.02. The number of hydrogen-bond donors (Lipinski definition) is 1. The molecule has 0 atom stereocenters. The molecule has 3 heterocycles. The highest BCUT2D eigenvalue weighted by Gasteiger charge is 2.21. The number of nitrogens with two attached hydrogens (primary N) is 1. The fraction of sp³-hybridized carbons (Fsp3) is 0.0769. The van der Waals surface area contributed by atoms with Crippen LogP contribution in [0.25, 0.3) is 17.1 Å². The largest absolute Gasteiger partial charge is 0.430 e. The maximum atomic E-state index is 11.2. The second-order valence-corrected chi connectivity index (χ2v) is 4.48. The Morgan fingerprint density at radius 1 is 1.52 bits per heavy atom. The molecule has 0 unspecified atom stereocenters. The van der Waals surface area contributed by atoms with Crippen LogP contribution in [-0.4, -0.2) is 24.7 Å². The summed E-state index contributed by atoms with van der Waals surface area (Å²) in [4.78, 5) is 18.4. The van der Waals surface area contributed by atoms with E-state index in [2.05, 4.69) is 15.1 Å². The molecule has 0 saturated heterocycles. The number of rotatable bonds is 4. The van der Waals surface area contributed by atoms with E-state index in [4.69, 9.17) is 15.4 Å². The van der Waals surface area contributed by atoms with E-state index in [9.17, 15) is 10.1 Å². The number of nitro groups is 1. The van der Waals surface area contributed by atoms with Crippen LogP contribution in [0, 0.1) is 21.4 Å². The second kappa shape index (κ2) is 5.57. The molecule has 3 rings (SSSR count). The summed E-state index contributed by atoms with van der Waals surface area (Å²) in [5.74, 6) is -0.173. The van der Waals surface area contributed by atoms with Gasteiger partial charge in [0.15, 0.2) is 0 Å². The SMILES string of the molecule is N#CCc1coc(-n2cc(-c3ccnc(N)c3[N+](=O)[O-])cn2)n1. The van der Waals surface area contributed by atoms with E-state index in [0.29, 0.717) is 11.3 Å². The number of nitriles is 1. The minimum atomic E-state index is -0.592. The Morgan fingerprint density at radius 2 is 2.35 bits per heavy atom. The van der Waals surface area contributed by atoms with Crippen molar-refractivity contribution in [3.05, 3.63) is 46.7 Å². The van der Waals surface area contributed by atoms with Crippen LogP contribution in [-0.2, 0) is 6.42 Å². The van der Waals surface area contributed by atoms with Crippen LogP contribution in [0.5, 0.6) is 0 Å². The number of nitrogen functional groups attached to an aromatic ring is 1. The molecular weight excluding hydrogens is 302 g/mol. The van der Waals surface area contributed by atoms with Crippen molar-refractivity contribution in [1.29, 1.82) is 5.26 Å². The zero-order chi connectivity index (χ0) is 16.4. The molecule has 3 aromatic heterocycles. The van der Waals surface area contributed by atoms with E-state index < -0.39 is 4.92 Å². The van der Waals surface area contributed by atoms with Crippen molar-refractivity contribution in [2.45, 2.75) is 6.42 Å². The van der Waals surface area contributed by atoms with Crippen LogP contribution in [0.3, 0.4) is 0 Å². The Morgan fingerprint density at radius 3 is 3.09 bits per heavy atom. The van der Waals surface area contributed by atoms with Crippen LogP contribution in [0.2, 0.25) is 0 Å². The van der Waals surface area contributed by atoms with E-state index in [1.165, 1.54) is 35.6 Å². The average Bonchev–Trinajstić information content (AvgIpc) is 3.15. The zero-order valence-corrected chi connectivity index (χ0v) is 11.6. The molecule has 3 aromatic rings. The van der Waals surface area contributed by atoms with Gasteiger partial charge in [0.25, 0.3) is 0 Å². The number of aromatic nitrogens is 4. The van der Waals surface area contributed by atoms with Crippen molar-refractivity contribution in [2.75, 3.05) is 5.73 Å². The average molecular weight is 311 g/mol. The van der Waals surface area contributed by atoms with E-state index in [1.807, 2.05) is 6.07 Å². The molecule has 2 N–H and O–H groups in total. The summed E-state index contributed by atoms with van der Waals surface area (Å²) in [6.45, 7) is 0. The van der Waals surface area contributed by atoms with Crippen LogP contribution >= 0.6 is 0 Å². The molecule has 0 radical (unpaired) electrons. The Bertz CT molecular complexity index is 922. The minimum Gasteiger partial charge on any atom is -0.430 e. The first-order valence-corrected chi connectivity index (χ1v) is 6.36. The summed E-state index contributed by atoms with van der Waals surface area (Å²) in [7, 11) is 0. The van der Waals surface area contributed by atoms with Gasteiger partial charge in [-0.15, -0.1) is 0 Å². The molecule has 0 fully saturated rings. The minimum absolute atomic E-state index is 0.115. The van der Waals surface area contributed by atoms with Crippen molar-refractivity contribution in [1.82, 2.24) is 19.7 Å². The molecular formula is C13H9N7O3. The summed E-state index contributed by atoms with van der Waals surface area (Å²) in [6, 6.07) is 3.60. The molecule has 23 heavy (non-hydrogen) atoms. The van der Waals surface area contributed by atoms with Gasteiger partial charge in [0, 0.05) is 18.0 Å². The van der Waals surface area contributed by atoms with Gasteiger partial charge in [0.1, 0.15) is 6.26 Å². The van der Waals surface area contributed by atoms with Crippen LogP contribution in [0.15, 0.2) is 35.3 Å². The van der Waals surface area contributed by atoms with E-state index in [-0.39, 0.29) is 29.5 Å². The molecule has 0 amide bonds. The first kappa shape index (κ1) is 14.2. The lowest BCUT2D eigenvalue weighted by atomic mass is 10.1. The molecule has 0 spiro atoms. The predicted octanol–water partition coefficient (Wildman–Crippen LogP) is 1.48. The van der Waals surface area contributed by atoms with Gasteiger partial charge in [-0.05, 0) is 6.07 Å². The van der Waals surface area contributed by atoms with Crippen LogP contribution < -0.4 is 5.73 Å². The third-order valence-electron chi connectivity index (χ3n) is 3.02. The molecule has 0 aromatic carbocycles. The third kappa shape index (κ3) is 2.58. The lowest BCUT2D eigenvalue weighted by molar-refractivity contribution is -0.383. The molecule has 114 valence electrons. The van der Waals surface area contributed by atoms with Crippen molar-refractivity contribution in [2.24, 2.45) is 0 Å². The quantitative estimate of drug-likeness (QED) is 0.562. The molecule has 0 aliphatic carbocycles. The Balaban J connectivity index is 2.01. The van der Waals surface area contributed by atoms with Crippen molar-refractivity contribution in [3.8, 4) is 23.2 Å². The van der Waals surface area contributed by atoms with Gasteiger partial charge in [0.05, 0.1) is 34.9 Å². The van der Waals surface area contributed by atoms with E-state index in [0.717, 1.165) is 0 Å². The lowest BCUT2D eigenvalue weighted by Gasteiger charge is -2.01. The highest BCUT2D eigenvalue weighted by Crippen LogP contribution is 2.33. The summed E-state index contributed by atoms with van der Waals surface area (Å²) >= 11 is 0. The summed E-state index contributed by atoms with van der Waals surface area (Å²) in [5, 5.41) is 23.9. The lowest BCUT2D eigenvalue weighted by Crippen LogP contribution is -2.00. The van der Waals surface area contributed by atoms with Gasteiger partial charge in [-0.2, -0.15) is 20.0 Å². The van der Waals surface area contributed by atoms with Gasteiger partial charge < -0.3 is 10.2 Å². The van der Waals surface area contributed by atoms with Gasteiger partial charge in [-0.3, -0.25) is 10.1 Å². The van der Waals surface area contributed by atoms with Gasteiger partial charge >= 0.3 is 11.7 Å². The predicted molar refractivity (Wildman–Crippen MR) is 77.2 cm³/mol. The van der Waals surface area contributed by atoms with Crippen molar-refractivity contribution in [3.63, 3.8) is 0 Å². The van der Waals surface area contributed by atoms with Gasteiger partial charge in [-0.1, -0.05) is 0 Å². The fourth-order valence-corrected chi connectivity index (χ4v) is 2.03. The summed E-state index contributed by atoms with van der Waals surface area (Å²) in [6.07, 6.45) is 5.79. The van der Waals surface area contributed by atoms with Crippen molar-refractivity contribution >= 4 is 11.5 Å². The Hall–Kier alpha value is -3.74. The highest BCUT2D eigenvalue weighted by molar-refractivity contribution is 5.78. The summed E-state index contributed by atoms with van der Waals surface area (Å²) < 4.78 is 6.54. The standard InChI is InChI=1S/C13H9N7O3/c14-3-1-9-7-23-13(18-9)19-6-8(5-17-19)10-2-4-16-12(15)11(10)20(21)22/h2,4-7H,1H2,(H2,15,16). The molecule has 10 heteroatoms. The monoisotopic (exact) mass is 311 g/mol. The molecule has 0 bridgehead atoms. The van der Waals surface area contributed by atoms with Crippen molar-refractivity contribution < 1.29 is 9.34 Å². The van der Waals surface area contributed by atoms with Crippen LogP contribution in [0.4, 0.5) is 11.5 Å². The molecule has 0 aliphatic heterocycles. The smallest absolute Gasteiger partial charge is 0.322 e. The molecule has 0 saturated carbocycles. The molecule has 0 aliphatic rings. The number of oxazole rings is 1. The summed E-state index contributed by atoms with van der Waals surface area (Å²) in [5.41, 5.74) is 6.51. The van der Waals surface area contributed by atoms with Gasteiger partial charge in [-0.25, -0.2) is 4.98 Å². The first-order chi connectivity index (χ1) is 11.1. The number of pyridine rings is 1. The van der Waals surface area contributed by atoms with Crippen LogP contribution in [0.1, 0.15) is 5.69 Å². The maximum Gasteiger partial charge on any atom is 0.322 e. The Labute approximate surface area is 129 Å². The fourth-order valence-electron chi connectivity index (χ4n) is 2.03. The first-order valence-electron chi connectivity index (χ1n) is 6.36. The second-order valence-electron chi connectivity index (χ2n) is 4.48. The topological polar surface area (TPSA) is 150 Å². The molecule has 10 nitrogen and oxygen atoms in total. The Kier molecular flexibility index (Phi) is 3.44. The number of anilines is 1. The maximum absolute atomic E-state index is 11.2. The normalized spacial score (nSPS) is 10.4.